The van der Waals surface area contributed by atoms with Crippen LogP contribution < -0.4 is 10.6 Å². The van der Waals surface area contributed by atoms with Crippen molar-refractivity contribution in [3.05, 3.63) is 65.9 Å². The van der Waals surface area contributed by atoms with Gasteiger partial charge in [-0.2, -0.15) is 10.1 Å². The van der Waals surface area contributed by atoms with Crippen molar-refractivity contribution in [2.45, 2.75) is 39.5 Å². The Labute approximate surface area is 154 Å². The number of benzene rings is 2. The number of rotatable bonds is 5. The van der Waals surface area contributed by atoms with E-state index < -0.39 is 0 Å². The van der Waals surface area contributed by atoms with E-state index in [2.05, 4.69) is 71.7 Å². The fourth-order valence-electron chi connectivity index (χ4n) is 2.69. The fraction of sp³-hybridized carbons (Fsp3) is 0.286. The maximum atomic E-state index is 4.51. The number of nitrogens with zero attached hydrogens (tertiary/aromatic N) is 3. The van der Waals surface area contributed by atoms with Gasteiger partial charge in [-0.15, -0.1) is 5.10 Å². The van der Waals surface area contributed by atoms with E-state index in [1.807, 2.05) is 30.3 Å². The van der Waals surface area contributed by atoms with Crippen molar-refractivity contribution in [2.24, 2.45) is 0 Å². The molecule has 26 heavy (non-hydrogen) atoms. The molecule has 2 aromatic carbocycles. The van der Waals surface area contributed by atoms with Crippen molar-refractivity contribution < 1.29 is 0 Å². The van der Waals surface area contributed by atoms with E-state index in [1.54, 1.807) is 6.20 Å². The summed E-state index contributed by atoms with van der Waals surface area (Å²) in [6.45, 7) is 8.73. The number of anilines is 4. The number of para-hydroxylation sites is 1. The van der Waals surface area contributed by atoms with Gasteiger partial charge in [0.25, 0.3) is 0 Å². The van der Waals surface area contributed by atoms with Gasteiger partial charge in [0.15, 0.2) is 5.82 Å². The van der Waals surface area contributed by atoms with Gasteiger partial charge < -0.3 is 10.6 Å². The van der Waals surface area contributed by atoms with E-state index in [4.69, 9.17) is 0 Å². The molecule has 3 rings (SSSR count). The largest absolute Gasteiger partial charge is 0.339 e. The van der Waals surface area contributed by atoms with Crippen LogP contribution in [0.3, 0.4) is 0 Å². The van der Waals surface area contributed by atoms with Crippen LogP contribution >= 0.6 is 0 Å². The molecule has 0 radical (unpaired) electrons. The molecular weight excluding hydrogens is 322 g/mol. The number of aromatic nitrogens is 3. The number of hydrogen-bond acceptors (Lipinski definition) is 5. The smallest absolute Gasteiger partial charge is 0.249 e. The van der Waals surface area contributed by atoms with Crippen LogP contribution in [0.5, 0.6) is 0 Å². The number of aryl methyl sites for hydroxylation is 1. The van der Waals surface area contributed by atoms with E-state index in [-0.39, 0.29) is 5.41 Å². The lowest BCUT2D eigenvalue weighted by Crippen LogP contribution is -2.10. The van der Waals surface area contributed by atoms with Crippen LogP contribution in [-0.2, 0) is 11.8 Å². The second kappa shape index (κ2) is 7.52. The molecule has 0 spiro atoms. The monoisotopic (exact) mass is 347 g/mol. The minimum atomic E-state index is 0.132. The van der Waals surface area contributed by atoms with Gasteiger partial charge in [0.2, 0.25) is 5.95 Å². The summed E-state index contributed by atoms with van der Waals surface area (Å²) < 4.78 is 0. The van der Waals surface area contributed by atoms with E-state index in [0.717, 1.165) is 17.8 Å². The SMILES string of the molecule is CCc1ccccc1Nc1cnnc(Nc2ccc(C(C)(C)C)cc2)n1. The minimum absolute atomic E-state index is 0.132. The molecule has 0 bridgehead atoms. The summed E-state index contributed by atoms with van der Waals surface area (Å²) in [5.74, 6) is 1.13. The summed E-state index contributed by atoms with van der Waals surface area (Å²) in [4.78, 5) is 4.51. The second-order valence-corrected chi connectivity index (χ2v) is 7.25. The van der Waals surface area contributed by atoms with Gasteiger partial charge in [-0.1, -0.05) is 58.0 Å². The maximum absolute atomic E-state index is 4.51. The third-order valence-corrected chi connectivity index (χ3v) is 4.23. The topological polar surface area (TPSA) is 62.7 Å². The summed E-state index contributed by atoms with van der Waals surface area (Å²) in [5.41, 5.74) is 4.63. The highest BCUT2D eigenvalue weighted by molar-refractivity contribution is 5.61. The van der Waals surface area contributed by atoms with Crippen LogP contribution in [0.25, 0.3) is 0 Å². The summed E-state index contributed by atoms with van der Waals surface area (Å²) in [7, 11) is 0. The zero-order valence-corrected chi connectivity index (χ0v) is 15.7. The third kappa shape index (κ3) is 4.36. The molecular formula is C21H25N5. The van der Waals surface area contributed by atoms with Crippen molar-refractivity contribution >= 4 is 23.1 Å². The fourth-order valence-corrected chi connectivity index (χ4v) is 2.69. The first-order valence-corrected chi connectivity index (χ1v) is 8.88. The summed E-state index contributed by atoms with van der Waals surface area (Å²) in [6.07, 6.45) is 2.58. The summed E-state index contributed by atoms with van der Waals surface area (Å²) in [6, 6.07) is 16.5. The zero-order chi connectivity index (χ0) is 18.6. The Kier molecular flexibility index (Phi) is 5.16. The Morgan fingerprint density at radius 3 is 2.35 bits per heavy atom. The molecule has 5 nitrogen and oxygen atoms in total. The lowest BCUT2D eigenvalue weighted by Gasteiger charge is -2.19. The lowest BCUT2D eigenvalue weighted by molar-refractivity contribution is 0.590. The lowest BCUT2D eigenvalue weighted by atomic mass is 9.87. The Bertz CT molecular complexity index is 866. The van der Waals surface area contributed by atoms with Crippen LogP contribution in [0.4, 0.5) is 23.1 Å². The van der Waals surface area contributed by atoms with Gasteiger partial charge in [0.05, 0.1) is 6.20 Å². The Hall–Kier alpha value is -2.95. The molecule has 0 saturated heterocycles. The van der Waals surface area contributed by atoms with Gasteiger partial charge in [0.1, 0.15) is 0 Å². The van der Waals surface area contributed by atoms with Crippen LogP contribution in [0, 0.1) is 0 Å². The van der Waals surface area contributed by atoms with Crippen LogP contribution in [0.15, 0.2) is 54.7 Å². The van der Waals surface area contributed by atoms with Crippen molar-refractivity contribution in [3.8, 4) is 0 Å². The van der Waals surface area contributed by atoms with Crippen molar-refractivity contribution in [2.75, 3.05) is 10.6 Å². The third-order valence-electron chi connectivity index (χ3n) is 4.23. The highest BCUT2D eigenvalue weighted by Crippen LogP contribution is 2.25. The van der Waals surface area contributed by atoms with E-state index >= 15 is 0 Å². The molecule has 0 amide bonds. The molecule has 1 heterocycles. The van der Waals surface area contributed by atoms with Gasteiger partial charge in [-0.3, -0.25) is 0 Å². The first kappa shape index (κ1) is 17.9. The Morgan fingerprint density at radius 2 is 1.65 bits per heavy atom. The first-order valence-electron chi connectivity index (χ1n) is 8.88. The average molecular weight is 347 g/mol. The molecule has 3 aromatic rings. The van der Waals surface area contributed by atoms with E-state index in [0.29, 0.717) is 11.8 Å². The molecule has 134 valence electrons. The Morgan fingerprint density at radius 1 is 0.923 bits per heavy atom. The molecule has 0 fully saturated rings. The van der Waals surface area contributed by atoms with Gasteiger partial charge in [0, 0.05) is 11.4 Å². The predicted molar refractivity (Wildman–Crippen MR) is 107 cm³/mol. The summed E-state index contributed by atoms with van der Waals surface area (Å²) >= 11 is 0. The quantitative estimate of drug-likeness (QED) is 0.662. The maximum Gasteiger partial charge on any atom is 0.249 e. The molecule has 0 aliphatic rings. The standard InChI is InChI=1S/C21H25N5/c1-5-15-8-6-7-9-18(15)24-19-14-22-26-20(25-19)23-17-12-10-16(11-13-17)21(2,3)4/h6-14H,5H2,1-4H3,(H2,23,24,25,26). The summed E-state index contributed by atoms with van der Waals surface area (Å²) in [5, 5.41) is 14.7. The van der Waals surface area contributed by atoms with Crippen molar-refractivity contribution in [1.29, 1.82) is 0 Å². The first-order chi connectivity index (χ1) is 12.5. The second-order valence-electron chi connectivity index (χ2n) is 7.25. The molecule has 2 N–H and O–H groups in total. The normalized spacial score (nSPS) is 11.2. The molecule has 1 aromatic heterocycles. The van der Waals surface area contributed by atoms with Crippen LogP contribution in [0.1, 0.15) is 38.8 Å². The molecule has 0 atom stereocenters. The molecule has 0 saturated carbocycles. The predicted octanol–water partition coefficient (Wildman–Crippen LogP) is 5.22. The molecule has 0 aliphatic heterocycles. The van der Waals surface area contributed by atoms with Gasteiger partial charge >= 0.3 is 0 Å². The van der Waals surface area contributed by atoms with Crippen molar-refractivity contribution in [3.63, 3.8) is 0 Å². The highest BCUT2D eigenvalue weighted by Gasteiger charge is 2.13. The number of nitrogens with one attached hydrogen (secondary N) is 2. The highest BCUT2D eigenvalue weighted by atomic mass is 15.3. The van der Waals surface area contributed by atoms with Crippen molar-refractivity contribution in [1.82, 2.24) is 15.2 Å². The number of hydrogen-bond donors (Lipinski definition) is 2. The average Bonchev–Trinajstić information content (AvgIpc) is 2.62. The zero-order valence-electron chi connectivity index (χ0n) is 15.7. The van der Waals surface area contributed by atoms with E-state index in [9.17, 15) is 0 Å². The molecule has 0 unspecified atom stereocenters. The van der Waals surface area contributed by atoms with E-state index in [1.165, 1.54) is 11.1 Å². The van der Waals surface area contributed by atoms with Crippen LogP contribution in [-0.4, -0.2) is 15.2 Å². The molecule has 0 aliphatic carbocycles. The van der Waals surface area contributed by atoms with Crippen LogP contribution in [0.2, 0.25) is 0 Å². The molecule has 5 heteroatoms. The van der Waals surface area contributed by atoms with Gasteiger partial charge in [-0.25, -0.2) is 0 Å². The minimum Gasteiger partial charge on any atom is -0.339 e. The Balaban J connectivity index is 1.75. The van der Waals surface area contributed by atoms with Gasteiger partial charge in [-0.05, 0) is 41.2 Å².